The lowest BCUT2D eigenvalue weighted by Crippen LogP contribution is -2.51. The highest BCUT2D eigenvalue weighted by Gasteiger charge is 2.52. The number of imide groups is 1. The molecule has 11 nitrogen and oxygen atoms in total. The van der Waals surface area contributed by atoms with Crippen LogP contribution in [-0.2, 0) is 9.59 Å². The van der Waals surface area contributed by atoms with Crippen LogP contribution in [0.2, 0.25) is 0 Å². The maximum atomic E-state index is 12.7. The van der Waals surface area contributed by atoms with E-state index in [-0.39, 0.29) is 22.8 Å². The highest BCUT2D eigenvalue weighted by atomic mass is 32.2. The quantitative estimate of drug-likeness (QED) is 0.403. The molecule has 0 radical (unpaired) electrons. The molecule has 2 aliphatic rings. The lowest BCUT2D eigenvalue weighted by Gasteiger charge is -2.33. The van der Waals surface area contributed by atoms with Crippen molar-refractivity contribution in [3.05, 3.63) is 0 Å². The molecule has 1 aromatic heterocycles. The topological polar surface area (TPSA) is 169 Å². The number of nitrogens with one attached hydrogen (secondary N) is 2. The monoisotopic (exact) mass is 380 g/mol. The van der Waals surface area contributed by atoms with E-state index in [0.29, 0.717) is 18.8 Å². The summed E-state index contributed by atoms with van der Waals surface area (Å²) < 4.78 is 0. The van der Waals surface area contributed by atoms with E-state index in [0.717, 1.165) is 29.6 Å². The van der Waals surface area contributed by atoms with E-state index in [9.17, 15) is 14.4 Å². The average Bonchev–Trinajstić information content (AvgIpc) is 2.79. The van der Waals surface area contributed by atoms with Crippen molar-refractivity contribution in [2.24, 2.45) is 5.92 Å². The third-order valence-corrected chi connectivity index (χ3v) is 5.36. The summed E-state index contributed by atoms with van der Waals surface area (Å²) in [7, 11) is 0. The van der Waals surface area contributed by atoms with Crippen molar-refractivity contribution in [2.45, 2.75) is 43.3 Å². The Kier molecular flexibility index (Phi) is 4.85. The Labute approximate surface area is 153 Å². The van der Waals surface area contributed by atoms with Gasteiger partial charge in [-0.1, -0.05) is 18.7 Å². The Morgan fingerprint density at radius 3 is 2.50 bits per heavy atom. The van der Waals surface area contributed by atoms with E-state index >= 15 is 0 Å². The standard InChI is InChI=1S/C14H20N8O3S/c1-7-2-4-14(5-3-7)9(24)22(13(25)20-14)21-8(23)6-26-12-18-10(15)17-11(16)19-12/h7H,2-6H2,1H3,(H,20,25)(H,21,23)(H4,15,16,17,18,19). The molecule has 12 heteroatoms. The Bertz CT molecular complexity index is 729. The molecule has 2 heterocycles. The van der Waals surface area contributed by atoms with Crippen molar-refractivity contribution in [1.82, 2.24) is 30.7 Å². The van der Waals surface area contributed by atoms with Gasteiger partial charge in [-0.15, -0.1) is 0 Å². The highest BCUT2D eigenvalue weighted by molar-refractivity contribution is 7.99. The zero-order valence-corrected chi connectivity index (χ0v) is 15.0. The van der Waals surface area contributed by atoms with Crippen LogP contribution >= 0.6 is 11.8 Å². The van der Waals surface area contributed by atoms with Gasteiger partial charge in [-0.3, -0.25) is 15.0 Å². The van der Waals surface area contributed by atoms with Crippen molar-refractivity contribution in [2.75, 3.05) is 17.2 Å². The van der Waals surface area contributed by atoms with Crippen LogP contribution in [0.3, 0.4) is 0 Å². The number of aromatic nitrogens is 3. The van der Waals surface area contributed by atoms with Gasteiger partial charge in [0.2, 0.25) is 17.8 Å². The second kappa shape index (κ2) is 6.94. The SMILES string of the molecule is CC1CCC2(CC1)NC(=O)N(NC(=O)CSc1nc(N)nc(N)n1)C2=O. The third kappa shape index (κ3) is 3.64. The van der Waals surface area contributed by atoms with Crippen LogP contribution in [0.25, 0.3) is 0 Å². The van der Waals surface area contributed by atoms with Crippen molar-refractivity contribution in [3.8, 4) is 0 Å². The predicted molar refractivity (Wildman–Crippen MR) is 93.3 cm³/mol. The Morgan fingerprint density at radius 1 is 1.27 bits per heavy atom. The van der Waals surface area contributed by atoms with Crippen LogP contribution in [0, 0.1) is 5.92 Å². The van der Waals surface area contributed by atoms with Crippen LogP contribution in [0.4, 0.5) is 16.7 Å². The zero-order chi connectivity index (χ0) is 18.9. The van der Waals surface area contributed by atoms with Gasteiger partial charge in [0.05, 0.1) is 5.75 Å². The van der Waals surface area contributed by atoms with Gasteiger partial charge in [0.25, 0.3) is 5.91 Å². The molecule has 1 aliphatic carbocycles. The average molecular weight is 380 g/mol. The molecule has 0 aromatic carbocycles. The summed E-state index contributed by atoms with van der Waals surface area (Å²) in [5.74, 6) is -0.667. The van der Waals surface area contributed by atoms with E-state index < -0.39 is 23.4 Å². The molecule has 3 rings (SSSR count). The minimum atomic E-state index is -0.902. The van der Waals surface area contributed by atoms with Crippen molar-refractivity contribution in [1.29, 1.82) is 0 Å². The molecule has 1 saturated carbocycles. The smallest absolute Gasteiger partial charge is 0.344 e. The van der Waals surface area contributed by atoms with Crippen LogP contribution in [0.1, 0.15) is 32.6 Å². The summed E-state index contributed by atoms with van der Waals surface area (Å²) in [5, 5.41) is 3.67. The second-order valence-electron chi connectivity index (χ2n) is 6.49. The molecule has 1 aliphatic heterocycles. The number of urea groups is 1. The molecule has 1 saturated heterocycles. The fourth-order valence-electron chi connectivity index (χ4n) is 3.06. The van der Waals surface area contributed by atoms with Gasteiger partial charge in [0.15, 0.2) is 5.16 Å². The third-order valence-electron chi connectivity index (χ3n) is 4.51. The van der Waals surface area contributed by atoms with Crippen molar-refractivity contribution >= 4 is 41.5 Å². The Balaban J connectivity index is 1.58. The predicted octanol–water partition coefficient (Wildman–Crippen LogP) is -0.340. The lowest BCUT2D eigenvalue weighted by atomic mass is 9.77. The molecule has 140 valence electrons. The van der Waals surface area contributed by atoms with Crippen molar-refractivity contribution < 1.29 is 14.4 Å². The van der Waals surface area contributed by atoms with E-state index in [1.54, 1.807) is 0 Å². The van der Waals surface area contributed by atoms with E-state index in [4.69, 9.17) is 11.5 Å². The van der Waals surface area contributed by atoms with Crippen LogP contribution in [0.5, 0.6) is 0 Å². The van der Waals surface area contributed by atoms with Gasteiger partial charge in [0, 0.05) is 0 Å². The molecule has 26 heavy (non-hydrogen) atoms. The minimum Gasteiger partial charge on any atom is -0.368 e. The molecule has 6 N–H and O–H groups in total. The van der Waals surface area contributed by atoms with Crippen LogP contribution in [0.15, 0.2) is 5.16 Å². The largest absolute Gasteiger partial charge is 0.368 e. The molecule has 1 spiro atoms. The summed E-state index contributed by atoms with van der Waals surface area (Å²) in [6, 6.07) is -0.614. The number of hydrogen-bond acceptors (Lipinski definition) is 9. The fraction of sp³-hybridized carbons (Fsp3) is 0.571. The normalized spacial score (nSPS) is 25.4. The molecular weight excluding hydrogens is 360 g/mol. The summed E-state index contributed by atoms with van der Waals surface area (Å²) in [6.45, 7) is 2.12. The van der Waals surface area contributed by atoms with Crippen LogP contribution in [-0.4, -0.2) is 49.1 Å². The maximum Gasteiger partial charge on any atom is 0.344 e. The van der Waals surface area contributed by atoms with Gasteiger partial charge in [-0.05, 0) is 31.6 Å². The lowest BCUT2D eigenvalue weighted by molar-refractivity contribution is -0.139. The second-order valence-corrected chi connectivity index (χ2v) is 7.44. The summed E-state index contributed by atoms with van der Waals surface area (Å²) in [5.41, 5.74) is 12.4. The minimum absolute atomic E-state index is 0.0528. The van der Waals surface area contributed by atoms with Crippen LogP contribution < -0.4 is 22.2 Å². The molecule has 4 amide bonds. The number of amides is 4. The number of carbonyl (C=O) groups excluding carboxylic acids is 3. The number of nitrogens with zero attached hydrogens (tertiary/aromatic N) is 4. The summed E-state index contributed by atoms with van der Waals surface area (Å²) >= 11 is 0.966. The molecule has 0 unspecified atom stereocenters. The Hall–Kier alpha value is -2.63. The zero-order valence-electron chi connectivity index (χ0n) is 14.2. The van der Waals surface area contributed by atoms with Gasteiger partial charge < -0.3 is 16.8 Å². The van der Waals surface area contributed by atoms with Gasteiger partial charge >= 0.3 is 6.03 Å². The number of thioether (sulfide) groups is 1. The molecular formula is C14H20N8O3S. The molecule has 1 aromatic rings. The number of nitrogens with two attached hydrogens (primary N) is 2. The van der Waals surface area contributed by atoms with Gasteiger partial charge in [-0.25, -0.2) is 4.79 Å². The van der Waals surface area contributed by atoms with Gasteiger partial charge in [-0.2, -0.15) is 20.0 Å². The number of carbonyl (C=O) groups is 3. The first-order chi connectivity index (χ1) is 12.3. The van der Waals surface area contributed by atoms with E-state index in [1.807, 2.05) is 0 Å². The number of rotatable bonds is 4. The highest BCUT2D eigenvalue weighted by Crippen LogP contribution is 2.35. The number of anilines is 2. The number of hydrogen-bond donors (Lipinski definition) is 4. The van der Waals surface area contributed by atoms with Gasteiger partial charge in [0.1, 0.15) is 5.54 Å². The van der Waals surface area contributed by atoms with Crippen molar-refractivity contribution in [3.63, 3.8) is 0 Å². The fourth-order valence-corrected chi connectivity index (χ4v) is 3.70. The number of nitrogen functional groups attached to an aromatic ring is 2. The molecule has 2 fully saturated rings. The maximum absolute atomic E-state index is 12.7. The summed E-state index contributed by atoms with van der Waals surface area (Å²) in [6.07, 6.45) is 2.85. The first-order valence-corrected chi connectivity index (χ1v) is 9.14. The first-order valence-electron chi connectivity index (χ1n) is 8.15. The van der Waals surface area contributed by atoms with E-state index in [1.165, 1.54) is 0 Å². The molecule has 0 bridgehead atoms. The van der Waals surface area contributed by atoms with E-state index in [2.05, 4.69) is 32.6 Å². The molecule has 0 atom stereocenters. The first kappa shape index (κ1) is 18.2. The number of hydrazine groups is 1. The summed E-state index contributed by atoms with van der Waals surface area (Å²) in [4.78, 5) is 48.2. The Morgan fingerprint density at radius 2 is 1.88 bits per heavy atom.